The Bertz CT molecular complexity index is 371. The summed E-state index contributed by atoms with van der Waals surface area (Å²) in [6.07, 6.45) is 2.14. The van der Waals surface area contributed by atoms with E-state index in [-0.39, 0.29) is 0 Å². The number of carbonyl (C=O) groups is 1. The van der Waals surface area contributed by atoms with Crippen LogP contribution in [-0.4, -0.2) is 45.1 Å². The van der Waals surface area contributed by atoms with Gasteiger partial charge in [-0.25, -0.2) is 4.68 Å². The average Bonchev–Trinajstić information content (AvgIpc) is 2.82. The van der Waals surface area contributed by atoms with E-state index in [1.807, 2.05) is 0 Å². The topological polar surface area (TPSA) is 95.9 Å². The van der Waals surface area contributed by atoms with Crippen molar-refractivity contribution >= 4 is 17.7 Å². The third kappa shape index (κ3) is 4.61. The van der Waals surface area contributed by atoms with E-state index in [2.05, 4.69) is 27.2 Å². The maximum Gasteiger partial charge on any atom is 0.323 e. The molecule has 1 atom stereocenters. The van der Waals surface area contributed by atoms with Crippen molar-refractivity contribution in [2.75, 3.05) is 12.9 Å². The molecule has 8 heteroatoms. The van der Waals surface area contributed by atoms with Crippen LogP contribution in [0.1, 0.15) is 25.6 Å². The minimum Gasteiger partial charge on any atom is -0.468 e. The van der Waals surface area contributed by atoms with Gasteiger partial charge in [-0.05, 0) is 16.8 Å². The van der Waals surface area contributed by atoms with Crippen LogP contribution in [0.4, 0.5) is 0 Å². The number of tetrazole rings is 1. The number of aryl methyl sites for hydroxylation is 1. The van der Waals surface area contributed by atoms with Gasteiger partial charge in [0.05, 0.1) is 12.9 Å². The first-order chi connectivity index (χ1) is 8.69. The van der Waals surface area contributed by atoms with Crippen LogP contribution in [0.2, 0.25) is 0 Å². The van der Waals surface area contributed by atoms with E-state index in [0.717, 1.165) is 25.2 Å². The maximum absolute atomic E-state index is 11.1. The number of carbonyl (C=O) groups excluding carboxylic acids is 1. The number of esters is 1. The number of nitrogens with zero attached hydrogens (tertiary/aromatic N) is 4. The molecule has 1 aromatic rings. The number of ether oxygens (including phenoxy) is 1. The Labute approximate surface area is 110 Å². The second-order valence-corrected chi connectivity index (χ2v) is 4.85. The van der Waals surface area contributed by atoms with Gasteiger partial charge in [0.1, 0.15) is 6.04 Å². The first-order valence-corrected chi connectivity index (χ1v) is 7.00. The summed E-state index contributed by atoms with van der Waals surface area (Å²) in [5.41, 5.74) is 5.63. The predicted octanol–water partition coefficient (Wildman–Crippen LogP) is 0.207. The lowest BCUT2D eigenvalue weighted by Gasteiger charge is -2.08. The van der Waals surface area contributed by atoms with E-state index in [1.165, 1.54) is 18.9 Å². The Morgan fingerprint density at radius 1 is 1.61 bits per heavy atom. The summed E-state index contributed by atoms with van der Waals surface area (Å²) in [7, 11) is 1.33. The molecular weight excluding hydrogens is 254 g/mol. The second-order valence-electron chi connectivity index (χ2n) is 3.82. The van der Waals surface area contributed by atoms with Crippen LogP contribution in [0.25, 0.3) is 0 Å². The fraction of sp³-hybridized carbons (Fsp3) is 0.800. The number of thioether (sulfide) groups is 1. The zero-order valence-corrected chi connectivity index (χ0v) is 11.5. The van der Waals surface area contributed by atoms with Crippen LogP contribution < -0.4 is 5.73 Å². The van der Waals surface area contributed by atoms with Crippen molar-refractivity contribution in [3.05, 3.63) is 5.82 Å². The zero-order valence-electron chi connectivity index (χ0n) is 10.7. The van der Waals surface area contributed by atoms with Crippen molar-refractivity contribution in [3.63, 3.8) is 0 Å². The highest BCUT2D eigenvalue weighted by Gasteiger charge is 2.14. The number of nitrogens with two attached hydrogens (primary N) is 1. The van der Waals surface area contributed by atoms with E-state index in [4.69, 9.17) is 5.73 Å². The summed E-state index contributed by atoms with van der Waals surface area (Å²) >= 11 is 1.52. The Morgan fingerprint density at radius 3 is 3.06 bits per heavy atom. The van der Waals surface area contributed by atoms with Crippen molar-refractivity contribution in [1.29, 1.82) is 0 Å². The van der Waals surface area contributed by atoms with Crippen LogP contribution in [-0.2, 0) is 21.8 Å². The van der Waals surface area contributed by atoms with Gasteiger partial charge < -0.3 is 10.5 Å². The fourth-order valence-electron chi connectivity index (χ4n) is 1.30. The first-order valence-electron chi connectivity index (χ1n) is 5.85. The Kier molecular flexibility index (Phi) is 6.66. The van der Waals surface area contributed by atoms with Gasteiger partial charge >= 0.3 is 5.97 Å². The summed E-state index contributed by atoms with van der Waals surface area (Å²) in [6.45, 7) is 2.94. The van der Waals surface area contributed by atoms with Crippen molar-refractivity contribution < 1.29 is 9.53 Å². The van der Waals surface area contributed by atoms with Gasteiger partial charge in [0.15, 0.2) is 5.82 Å². The van der Waals surface area contributed by atoms with Crippen molar-refractivity contribution in [1.82, 2.24) is 20.2 Å². The molecule has 0 aliphatic rings. The molecule has 0 bridgehead atoms. The minimum absolute atomic E-state index is 0.395. The van der Waals surface area contributed by atoms with E-state index >= 15 is 0 Å². The maximum atomic E-state index is 11.1. The molecule has 0 amide bonds. The lowest BCUT2D eigenvalue weighted by atomic mass is 10.3. The lowest BCUT2D eigenvalue weighted by molar-refractivity contribution is -0.141. The molecule has 2 N–H and O–H groups in total. The summed E-state index contributed by atoms with van der Waals surface area (Å²) in [6, 6.07) is -0.597. The standard InChI is InChI=1S/C10H19N5O2S/c1-3-4-5-15-9(12-13-14-15)7-18-6-8(11)10(16)17-2/h8H,3-7,11H2,1-2H3. The fourth-order valence-corrected chi connectivity index (χ4v) is 2.20. The number of hydrogen-bond donors (Lipinski definition) is 1. The molecule has 102 valence electrons. The van der Waals surface area contributed by atoms with E-state index in [9.17, 15) is 4.79 Å². The molecule has 0 aliphatic heterocycles. The van der Waals surface area contributed by atoms with Gasteiger partial charge in [-0.3, -0.25) is 4.79 Å². The molecular formula is C10H19N5O2S. The highest BCUT2D eigenvalue weighted by molar-refractivity contribution is 7.98. The SMILES string of the molecule is CCCCn1nnnc1CSCC(N)C(=O)OC. The molecule has 1 aromatic heterocycles. The third-order valence-electron chi connectivity index (χ3n) is 2.36. The Hall–Kier alpha value is -1.15. The molecule has 0 aliphatic carbocycles. The number of hydrogen-bond acceptors (Lipinski definition) is 7. The van der Waals surface area contributed by atoms with Gasteiger partial charge in [0.25, 0.3) is 0 Å². The third-order valence-corrected chi connectivity index (χ3v) is 3.42. The molecule has 0 saturated carbocycles. The molecule has 0 saturated heterocycles. The largest absolute Gasteiger partial charge is 0.468 e. The summed E-state index contributed by atoms with van der Waals surface area (Å²) in [4.78, 5) is 11.1. The monoisotopic (exact) mass is 273 g/mol. The van der Waals surface area contributed by atoms with Gasteiger partial charge in [-0.2, -0.15) is 11.8 Å². The van der Waals surface area contributed by atoms with Crippen LogP contribution in [0.15, 0.2) is 0 Å². The number of rotatable bonds is 8. The van der Waals surface area contributed by atoms with Crippen LogP contribution in [0.5, 0.6) is 0 Å². The van der Waals surface area contributed by atoms with E-state index in [1.54, 1.807) is 4.68 Å². The summed E-state index contributed by atoms with van der Waals surface area (Å²) < 4.78 is 6.35. The van der Waals surface area contributed by atoms with Crippen LogP contribution in [0.3, 0.4) is 0 Å². The lowest BCUT2D eigenvalue weighted by Crippen LogP contribution is -2.33. The molecule has 1 heterocycles. The smallest absolute Gasteiger partial charge is 0.323 e. The number of unbranched alkanes of at least 4 members (excludes halogenated alkanes) is 1. The number of aromatic nitrogens is 4. The van der Waals surface area contributed by atoms with Gasteiger partial charge in [0.2, 0.25) is 0 Å². The minimum atomic E-state index is -0.597. The van der Waals surface area contributed by atoms with Crippen molar-refractivity contribution in [3.8, 4) is 0 Å². The Morgan fingerprint density at radius 2 is 2.39 bits per heavy atom. The van der Waals surface area contributed by atoms with Gasteiger partial charge in [-0.15, -0.1) is 5.10 Å². The molecule has 0 aromatic carbocycles. The molecule has 1 rings (SSSR count). The average molecular weight is 273 g/mol. The van der Waals surface area contributed by atoms with Crippen molar-refractivity contribution in [2.24, 2.45) is 5.73 Å². The quantitative estimate of drug-likeness (QED) is 0.676. The molecule has 18 heavy (non-hydrogen) atoms. The predicted molar refractivity (Wildman–Crippen MR) is 68.9 cm³/mol. The van der Waals surface area contributed by atoms with E-state index in [0.29, 0.717) is 11.5 Å². The second kappa shape index (κ2) is 8.04. The van der Waals surface area contributed by atoms with E-state index < -0.39 is 12.0 Å². The number of methoxy groups -OCH3 is 1. The molecule has 0 fully saturated rings. The van der Waals surface area contributed by atoms with Crippen LogP contribution >= 0.6 is 11.8 Å². The summed E-state index contributed by atoms with van der Waals surface area (Å²) in [5.74, 6) is 1.55. The summed E-state index contributed by atoms with van der Waals surface area (Å²) in [5, 5.41) is 11.5. The first kappa shape index (κ1) is 14.9. The van der Waals surface area contributed by atoms with Crippen molar-refractivity contribution in [2.45, 2.75) is 38.1 Å². The highest BCUT2D eigenvalue weighted by atomic mass is 32.2. The molecule has 7 nitrogen and oxygen atoms in total. The normalized spacial score (nSPS) is 12.4. The van der Waals surface area contributed by atoms with Gasteiger partial charge in [0, 0.05) is 12.3 Å². The van der Waals surface area contributed by atoms with Crippen LogP contribution in [0, 0.1) is 0 Å². The molecule has 1 unspecified atom stereocenters. The Balaban J connectivity index is 2.35. The molecule has 0 radical (unpaired) electrons. The molecule has 0 spiro atoms. The highest BCUT2D eigenvalue weighted by Crippen LogP contribution is 2.10. The van der Waals surface area contributed by atoms with Gasteiger partial charge in [-0.1, -0.05) is 13.3 Å². The zero-order chi connectivity index (χ0) is 13.4.